The van der Waals surface area contributed by atoms with Crippen LogP contribution in [0.2, 0.25) is 0 Å². The van der Waals surface area contributed by atoms with Crippen molar-refractivity contribution in [3.8, 4) is 0 Å². The van der Waals surface area contributed by atoms with Gasteiger partial charge in [-0.2, -0.15) is 0 Å². The van der Waals surface area contributed by atoms with Gasteiger partial charge in [-0.3, -0.25) is 0 Å². The van der Waals surface area contributed by atoms with E-state index in [4.69, 9.17) is 0 Å². The van der Waals surface area contributed by atoms with E-state index in [0.29, 0.717) is 5.41 Å². The summed E-state index contributed by atoms with van der Waals surface area (Å²) in [6, 6.07) is 0. The summed E-state index contributed by atoms with van der Waals surface area (Å²) in [7, 11) is 2.28. The minimum absolute atomic E-state index is 0.561. The predicted molar refractivity (Wildman–Crippen MR) is 65.9 cm³/mol. The Bertz CT molecular complexity index is 277. The Kier molecular flexibility index (Phi) is 2.94. The fourth-order valence-electron chi connectivity index (χ4n) is 4.04. The molecular formula is C14H25N. The average molecular weight is 207 g/mol. The lowest BCUT2D eigenvalue weighted by molar-refractivity contribution is 0.133. The molecule has 1 aliphatic heterocycles. The molecule has 0 bridgehead atoms. The zero-order valence-electron chi connectivity index (χ0n) is 10.8. The highest BCUT2D eigenvalue weighted by Gasteiger charge is 2.42. The highest BCUT2D eigenvalue weighted by molar-refractivity contribution is 5.29. The van der Waals surface area contributed by atoms with Crippen LogP contribution in [0.3, 0.4) is 0 Å². The van der Waals surface area contributed by atoms with Gasteiger partial charge in [0.25, 0.3) is 0 Å². The van der Waals surface area contributed by atoms with E-state index in [1.807, 2.05) is 0 Å². The van der Waals surface area contributed by atoms with Crippen LogP contribution in [0.15, 0.2) is 11.1 Å². The monoisotopic (exact) mass is 207 g/mol. The van der Waals surface area contributed by atoms with Gasteiger partial charge < -0.3 is 4.90 Å². The standard InChI is InChI=1S/C14H25N/c1-11(2)13-12(3)6-8-14(13)7-5-9-15(4)10-14/h11H,5-10H2,1-4H3. The lowest BCUT2D eigenvalue weighted by Crippen LogP contribution is -2.42. The fraction of sp³-hybridized carbons (Fsp3) is 0.857. The Hall–Kier alpha value is -0.300. The molecule has 0 aromatic heterocycles. The van der Waals surface area contributed by atoms with E-state index in [1.54, 1.807) is 11.1 Å². The molecule has 1 nitrogen and oxygen atoms in total. The van der Waals surface area contributed by atoms with Crippen molar-refractivity contribution in [3.05, 3.63) is 11.1 Å². The molecule has 1 heteroatoms. The number of allylic oxidation sites excluding steroid dienone is 1. The van der Waals surface area contributed by atoms with Crippen LogP contribution in [0.4, 0.5) is 0 Å². The summed E-state index contributed by atoms with van der Waals surface area (Å²) in [5.41, 5.74) is 4.06. The van der Waals surface area contributed by atoms with Crippen molar-refractivity contribution in [1.29, 1.82) is 0 Å². The minimum Gasteiger partial charge on any atom is -0.305 e. The first-order chi connectivity index (χ1) is 7.05. The molecule has 1 atom stereocenters. The molecule has 0 saturated carbocycles. The van der Waals surface area contributed by atoms with Crippen LogP contribution in [-0.4, -0.2) is 25.0 Å². The van der Waals surface area contributed by atoms with Crippen LogP contribution in [0.25, 0.3) is 0 Å². The molecule has 0 radical (unpaired) electrons. The Morgan fingerprint density at radius 2 is 2.00 bits per heavy atom. The number of likely N-dealkylation sites (tertiary alicyclic amines) is 1. The summed E-state index contributed by atoms with van der Waals surface area (Å²) in [6.07, 6.45) is 5.58. The van der Waals surface area contributed by atoms with Gasteiger partial charge in [-0.05, 0) is 52.1 Å². The van der Waals surface area contributed by atoms with E-state index >= 15 is 0 Å². The average Bonchev–Trinajstić information content (AvgIpc) is 2.43. The summed E-state index contributed by atoms with van der Waals surface area (Å²) < 4.78 is 0. The first-order valence-electron chi connectivity index (χ1n) is 6.44. The van der Waals surface area contributed by atoms with Crippen LogP contribution in [-0.2, 0) is 0 Å². The van der Waals surface area contributed by atoms with Gasteiger partial charge in [0.1, 0.15) is 0 Å². The quantitative estimate of drug-likeness (QED) is 0.595. The molecule has 1 unspecified atom stereocenters. The number of rotatable bonds is 1. The van der Waals surface area contributed by atoms with Gasteiger partial charge in [-0.15, -0.1) is 0 Å². The number of piperidine rings is 1. The van der Waals surface area contributed by atoms with E-state index in [2.05, 4.69) is 32.7 Å². The fourth-order valence-corrected chi connectivity index (χ4v) is 4.04. The third kappa shape index (κ3) is 1.87. The predicted octanol–water partition coefficient (Wildman–Crippen LogP) is 3.46. The molecule has 15 heavy (non-hydrogen) atoms. The Morgan fingerprint density at radius 1 is 1.27 bits per heavy atom. The van der Waals surface area contributed by atoms with Gasteiger partial charge in [0.15, 0.2) is 0 Å². The molecule has 0 amide bonds. The number of nitrogens with zero attached hydrogens (tertiary/aromatic N) is 1. The van der Waals surface area contributed by atoms with Crippen LogP contribution >= 0.6 is 0 Å². The molecule has 0 N–H and O–H groups in total. The molecule has 1 fully saturated rings. The van der Waals surface area contributed by atoms with Crippen molar-refractivity contribution >= 4 is 0 Å². The lowest BCUT2D eigenvalue weighted by atomic mass is 9.71. The van der Waals surface area contributed by atoms with Crippen molar-refractivity contribution in [1.82, 2.24) is 4.90 Å². The number of hydrogen-bond donors (Lipinski definition) is 0. The van der Waals surface area contributed by atoms with E-state index in [9.17, 15) is 0 Å². The SMILES string of the molecule is CC1=C(C(C)C)C2(CCCN(C)C2)CC1. The third-order valence-electron chi connectivity index (χ3n) is 4.35. The molecule has 0 aromatic carbocycles. The molecule has 2 rings (SSSR count). The van der Waals surface area contributed by atoms with Crippen LogP contribution in [0, 0.1) is 11.3 Å². The smallest absolute Gasteiger partial charge is 0.00726 e. The molecule has 1 aliphatic carbocycles. The van der Waals surface area contributed by atoms with Gasteiger partial charge in [-0.1, -0.05) is 25.0 Å². The topological polar surface area (TPSA) is 3.24 Å². The Labute approximate surface area is 94.5 Å². The van der Waals surface area contributed by atoms with Crippen molar-refractivity contribution in [2.75, 3.05) is 20.1 Å². The van der Waals surface area contributed by atoms with Gasteiger partial charge in [-0.25, -0.2) is 0 Å². The Morgan fingerprint density at radius 3 is 2.60 bits per heavy atom. The highest BCUT2D eigenvalue weighted by atomic mass is 15.1. The molecule has 0 aromatic rings. The van der Waals surface area contributed by atoms with E-state index < -0.39 is 0 Å². The highest BCUT2D eigenvalue weighted by Crippen LogP contribution is 2.51. The second kappa shape index (κ2) is 3.93. The van der Waals surface area contributed by atoms with Crippen LogP contribution < -0.4 is 0 Å². The van der Waals surface area contributed by atoms with Crippen molar-refractivity contribution in [3.63, 3.8) is 0 Å². The molecular weight excluding hydrogens is 182 g/mol. The van der Waals surface area contributed by atoms with Crippen LogP contribution in [0.1, 0.15) is 46.5 Å². The first-order valence-corrected chi connectivity index (χ1v) is 6.44. The molecule has 1 saturated heterocycles. The van der Waals surface area contributed by atoms with E-state index in [-0.39, 0.29) is 0 Å². The second-order valence-corrected chi connectivity index (χ2v) is 5.97. The zero-order chi connectivity index (χ0) is 11.1. The van der Waals surface area contributed by atoms with Gasteiger partial charge in [0, 0.05) is 12.0 Å². The minimum atomic E-state index is 0.561. The Balaban J connectivity index is 2.28. The molecule has 2 aliphatic rings. The summed E-state index contributed by atoms with van der Waals surface area (Å²) >= 11 is 0. The number of hydrogen-bond acceptors (Lipinski definition) is 1. The summed E-state index contributed by atoms with van der Waals surface area (Å²) in [5, 5.41) is 0. The molecule has 86 valence electrons. The van der Waals surface area contributed by atoms with Gasteiger partial charge in [0.2, 0.25) is 0 Å². The maximum atomic E-state index is 2.53. The maximum Gasteiger partial charge on any atom is 0.00726 e. The van der Waals surface area contributed by atoms with Crippen LogP contribution in [0.5, 0.6) is 0 Å². The largest absolute Gasteiger partial charge is 0.305 e. The first kappa shape index (κ1) is 11.2. The van der Waals surface area contributed by atoms with E-state index in [0.717, 1.165) is 5.92 Å². The summed E-state index contributed by atoms with van der Waals surface area (Å²) in [6.45, 7) is 9.71. The summed E-state index contributed by atoms with van der Waals surface area (Å²) in [4.78, 5) is 2.53. The van der Waals surface area contributed by atoms with Gasteiger partial charge >= 0.3 is 0 Å². The third-order valence-corrected chi connectivity index (χ3v) is 4.35. The summed E-state index contributed by atoms with van der Waals surface area (Å²) in [5.74, 6) is 0.749. The lowest BCUT2D eigenvalue weighted by Gasteiger charge is -2.42. The zero-order valence-corrected chi connectivity index (χ0v) is 10.8. The van der Waals surface area contributed by atoms with Crippen molar-refractivity contribution in [2.45, 2.75) is 46.5 Å². The van der Waals surface area contributed by atoms with E-state index in [1.165, 1.54) is 38.8 Å². The van der Waals surface area contributed by atoms with Gasteiger partial charge in [0.05, 0.1) is 0 Å². The molecule has 1 heterocycles. The van der Waals surface area contributed by atoms with Crippen molar-refractivity contribution < 1.29 is 0 Å². The normalized spacial score (nSPS) is 33.4. The molecule has 1 spiro atoms. The van der Waals surface area contributed by atoms with Crippen molar-refractivity contribution in [2.24, 2.45) is 11.3 Å². The second-order valence-electron chi connectivity index (χ2n) is 5.97. The maximum absolute atomic E-state index is 2.53.